The van der Waals surface area contributed by atoms with Crippen molar-refractivity contribution in [2.75, 3.05) is 70.0 Å². The van der Waals surface area contributed by atoms with E-state index >= 15 is 0 Å². The SMILES string of the molecule is Cc1cc(Nc2nc(Cc3cc(Nc4ncnn5ccc(CN6CCNCC6)c45)ccc3Oc3ccn4ncnc4c3)nn3ccc(CN4CCN(C)CC4)c23)ccc1Oc1ccn2ncnc2c1. The van der Waals surface area contributed by atoms with Crippen molar-refractivity contribution in [2.45, 2.75) is 26.4 Å². The van der Waals surface area contributed by atoms with E-state index in [9.17, 15) is 0 Å². The number of nitrogens with one attached hydrogen (secondary N) is 3. The molecular formula is C49H50N18O2. The first kappa shape index (κ1) is 42.3. The molecule has 3 N–H and O–H groups in total. The zero-order valence-corrected chi connectivity index (χ0v) is 38.3. The maximum Gasteiger partial charge on any atom is 0.159 e. The van der Waals surface area contributed by atoms with Crippen LogP contribution in [0.4, 0.5) is 23.0 Å². The van der Waals surface area contributed by atoms with E-state index in [1.165, 1.54) is 12.7 Å². The molecule has 2 aliphatic heterocycles. The summed E-state index contributed by atoms with van der Waals surface area (Å²) in [5.41, 5.74) is 9.05. The summed E-state index contributed by atoms with van der Waals surface area (Å²) in [6, 6.07) is 23.9. The number of nitrogens with zero attached hydrogens (tertiary/aromatic N) is 15. The number of fused-ring (bicyclic) bond motifs is 4. The molecule has 348 valence electrons. The number of aryl methyl sites for hydroxylation is 1. The van der Waals surface area contributed by atoms with Crippen LogP contribution >= 0.6 is 0 Å². The van der Waals surface area contributed by atoms with E-state index in [4.69, 9.17) is 24.5 Å². The summed E-state index contributed by atoms with van der Waals surface area (Å²) in [6.45, 7) is 11.6. The Hall–Kier alpha value is -8.04. The van der Waals surface area contributed by atoms with E-state index in [0.29, 0.717) is 52.4 Å². The third-order valence-corrected chi connectivity index (χ3v) is 12.8. The van der Waals surface area contributed by atoms with E-state index < -0.39 is 0 Å². The molecule has 0 unspecified atom stereocenters. The quantitative estimate of drug-likeness (QED) is 0.116. The number of ether oxygens (including phenoxy) is 2. The number of likely N-dealkylation sites (N-methyl/N-ethyl adjacent to an activating group) is 1. The normalized spacial score (nSPS) is 15.2. The number of aromatic nitrogens is 12. The van der Waals surface area contributed by atoms with Crippen LogP contribution in [-0.2, 0) is 19.5 Å². The number of hydrogen-bond donors (Lipinski definition) is 3. The van der Waals surface area contributed by atoms with Gasteiger partial charge in [0.1, 0.15) is 53.0 Å². The number of anilines is 4. The van der Waals surface area contributed by atoms with Gasteiger partial charge in [0.15, 0.2) is 28.8 Å². The lowest BCUT2D eigenvalue weighted by Gasteiger charge is -2.32. The fourth-order valence-electron chi connectivity index (χ4n) is 9.17. The summed E-state index contributed by atoms with van der Waals surface area (Å²) >= 11 is 0. The standard InChI is InChI=1S/C49H50N18O2/c1-33-23-37(3-5-41(33)68-39-9-15-64-44(26-39)51-30-54-64)58-49-47-35(29-63-21-19-61(2)20-22-63)8-14-67(47)60-43(59-49)25-36-24-38(4-6-42(36)69-40-10-16-65-45(27-40)52-31-55-65)57-48-46-34(7-13-66(46)56-32-53-48)28-62-17-11-50-12-18-62/h3-10,13-16,23-24,26-27,30-32,50H,11-12,17-22,25,28-29H2,1-2H3,(H,53,56,57)(H,58,59,60). The molecule has 0 amide bonds. The minimum atomic E-state index is 0.343. The van der Waals surface area contributed by atoms with E-state index in [2.05, 4.69) is 87.2 Å². The highest BCUT2D eigenvalue weighted by Crippen LogP contribution is 2.35. The molecule has 2 saturated heterocycles. The zero-order valence-electron chi connectivity index (χ0n) is 38.3. The lowest BCUT2D eigenvalue weighted by molar-refractivity contribution is 0.148. The molecule has 10 heterocycles. The molecule has 0 spiro atoms. The predicted octanol–water partition coefficient (Wildman–Crippen LogP) is 5.98. The van der Waals surface area contributed by atoms with Gasteiger partial charge < -0.3 is 30.3 Å². The van der Waals surface area contributed by atoms with Crippen molar-refractivity contribution in [3.63, 3.8) is 0 Å². The Morgan fingerprint density at radius 3 is 1.86 bits per heavy atom. The minimum Gasteiger partial charge on any atom is -0.457 e. The fourth-order valence-corrected chi connectivity index (χ4v) is 9.17. The number of piperazine rings is 2. The molecule has 8 aromatic heterocycles. The molecular weight excluding hydrogens is 873 g/mol. The van der Waals surface area contributed by atoms with Gasteiger partial charge in [-0.1, -0.05) is 0 Å². The molecule has 0 radical (unpaired) electrons. The first-order chi connectivity index (χ1) is 33.9. The third kappa shape index (κ3) is 8.96. The summed E-state index contributed by atoms with van der Waals surface area (Å²) in [4.78, 5) is 26.1. The fraction of sp³-hybridized carbons (Fsp3) is 0.265. The van der Waals surface area contributed by atoms with Crippen molar-refractivity contribution in [1.82, 2.24) is 78.4 Å². The maximum atomic E-state index is 6.66. The lowest BCUT2D eigenvalue weighted by Crippen LogP contribution is -2.43. The van der Waals surface area contributed by atoms with Gasteiger partial charge in [-0.05, 0) is 91.3 Å². The average molecular weight is 923 g/mol. The molecule has 20 nitrogen and oxygen atoms in total. The smallest absolute Gasteiger partial charge is 0.159 e. The predicted molar refractivity (Wildman–Crippen MR) is 260 cm³/mol. The topological polar surface area (TPSA) is 185 Å². The Labute approximate surface area is 396 Å². The summed E-state index contributed by atoms with van der Waals surface area (Å²) in [6.07, 6.45) is 12.7. The molecule has 69 heavy (non-hydrogen) atoms. The highest BCUT2D eigenvalue weighted by atomic mass is 16.5. The Bertz CT molecular complexity index is 3450. The second kappa shape index (κ2) is 18.2. The van der Waals surface area contributed by atoms with Gasteiger partial charge in [-0.25, -0.2) is 38.0 Å². The lowest BCUT2D eigenvalue weighted by atomic mass is 10.1. The van der Waals surface area contributed by atoms with Crippen molar-refractivity contribution in [1.29, 1.82) is 0 Å². The van der Waals surface area contributed by atoms with E-state index in [0.717, 1.165) is 116 Å². The Morgan fingerprint density at radius 1 is 0.565 bits per heavy atom. The molecule has 2 aliphatic rings. The monoisotopic (exact) mass is 922 g/mol. The average Bonchev–Trinajstić information content (AvgIpc) is 4.20. The highest BCUT2D eigenvalue weighted by molar-refractivity contribution is 5.78. The van der Waals surface area contributed by atoms with Crippen LogP contribution in [0.1, 0.15) is 28.1 Å². The minimum absolute atomic E-state index is 0.343. The molecule has 12 rings (SSSR count). The summed E-state index contributed by atoms with van der Waals surface area (Å²) < 4.78 is 20.2. The van der Waals surface area contributed by atoms with E-state index in [1.54, 1.807) is 15.4 Å². The molecule has 0 atom stereocenters. The van der Waals surface area contributed by atoms with Crippen LogP contribution in [0.5, 0.6) is 23.0 Å². The summed E-state index contributed by atoms with van der Waals surface area (Å²) in [7, 11) is 2.18. The number of pyridine rings is 2. The Balaban J connectivity index is 0.894. The molecule has 20 heteroatoms. The van der Waals surface area contributed by atoms with Crippen LogP contribution in [0.25, 0.3) is 22.3 Å². The Kier molecular flexibility index (Phi) is 11.2. The second-order valence-electron chi connectivity index (χ2n) is 17.6. The van der Waals surface area contributed by atoms with Crippen molar-refractivity contribution in [3.05, 3.63) is 145 Å². The van der Waals surface area contributed by atoms with Crippen molar-refractivity contribution < 1.29 is 9.47 Å². The van der Waals surface area contributed by atoms with Gasteiger partial charge in [0.2, 0.25) is 0 Å². The summed E-state index contributed by atoms with van der Waals surface area (Å²) in [5, 5.41) is 29.0. The van der Waals surface area contributed by atoms with Gasteiger partial charge in [0.25, 0.3) is 0 Å². The molecule has 2 fully saturated rings. The van der Waals surface area contributed by atoms with Crippen molar-refractivity contribution in [2.24, 2.45) is 0 Å². The van der Waals surface area contributed by atoms with Gasteiger partial charge in [-0.2, -0.15) is 20.4 Å². The second-order valence-corrected chi connectivity index (χ2v) is 17.6. The Morgan fingerprint density at radius 2 is 1.14 bits per heavy atom. The molecule has 2 aromatic carbocycles. The molecule has 0 aliphatic carbocycles. The van der Waals surface area contributed by atoms with E-state index in [-0.39, 0.29) is 0 Å². The van der Waals surface area contributed by atoms with Crippen LogP contribution in [0.15, 0.2) is 117 Å². The number of rotatable bonds is 14. The van der Waals surface area contributed by atoms with Crippen molar-refractivity contribution in [3.8, 4) is 23.0 Å². The first-order valence-electron chi connectivity index (χ1n) is 23.2. The van der Waals surface area contributed by atoms with Crippen LogP contribution in [0, 0.1) is 6.92 Å². The van der Waals surface area contributed by atoms with Crippen LogP contribution in [0.2, 0.25) is 0 Å². The van der Waals surface area contributed by atoms with Gasteiger partial charge in [0, 0.05) is 126 Å². The number of hydrogen-bond acceptors (Lipinski definition) is 16. The van der Waals surface area contributed by atoms with Crippen LogP contribution in [0.3, 0.4) is 0 Å². The number of benzene rings is 2. The van der Waals surface area contributed by atoms with E-state index in [1.807, 2.05) is 89.3 Å². The van der Waals surface area contributed by atoms with Gasteiger partial charge in [0.05, 0.1) is 0 Å². The van der Waals surface area contributed by atoms with Crippen LogP contribution in [-0.4, -0.2) is 132 Å². The summed E-state index contributed by atoms with van der Waals surface area (Å²) in [5.74, 6) is 4.69. The third-order valence-electron chi connectivity index (χ3n) is 12.8. The zero-order chi connectivity index (χ0) is 46.3. The van der Waals surface area contributed by atoms with Crippen LogP contribution < -0.4 is 25.4 Å². The van der Waals surface area contributed by atoms with Gasteiger partial charge in [-0.15, -0.1) is 0 Å². The highest BCUT2D eigenvalue weighted by Gasteiger charge is 2.22. The first-order valence-corrected chi connectivity index (χ1v) is 23.2. The largest absolute Gasteiger partial charge is 0.457 e. The molecule has 0 bridgehead atoms. The molecule has 0 saturated carbocycles. The van der Waals surface area contributed by atoms with Crippen molar-refractivity contribution >= 4 is 45.3 Å². The van der Waals surface area contributed by atoms with Gasteiger partial charge in [-0.3, -0.25) is 9.80 Å². The molecule has 10 aromatic rings. The maximum absolute atomic E-state index is 6.66. The van der Waals surface area contributed by atoms with Gasteiger partial charge >= 0.3 is 0 Å².